The molecule has 1 aliphatic rings. The summed E-state index contributed by atoms with van der Waals surface area (Å²) >= 11 is 0. The minimum atomic E-state index is -0.392. The van der Waals surface area contributed by atoms with Gasteiger partial charge < -0.3 is 15.5 Å². The lowest BCUT2D eigenvalue weighted by molar-refractivity contribution is -0.117. The van der Waals surface area contributed by atoms with Crippen LogP contribution < -0.4 is 5.32 Å². The molecule has 1 aliphatic carbocycles. The highest BCUT2D eigenvalue weighted by molar-refractivity contribution is 6.01. The number of amides is 1. The van der Waals surface area contributed by atoms with Gasteiger partial charge in [0.1, 0.15) is 11.6 Å². The van der Waals surface area contributed by atoms with Crippen LogP contribution in [0.15, 0.2) is 23.8 Å². The SMILES string of the molecule is N#C/C(=C/c1ccc(O)c(O)c1)C(=O)NC1CCCCC1. The molecule has 3 N–H and O–H groups in total. The van der Waals surface area contributed by atoms with Gasteiger partial charge in [-0.15, -0.1) is 0 Å². The number of carbonyl (C=O) groups excluding carboxylic acids is 1. The van der Waals surface area contributed by atoms with Gasteiger partial charge in [0.05, 0.1) is 0 Å². The molecule has 0 unspecified atom stereocenters. The smallest absolute Gasteiger partial charge is 0.262 e. The van der Waals surface area contributed by atoms with Gasteiger partial charge in [-0.2, -0.15) is 5.26 Å². The zero-order chi connectivity index (χ0) is 15.2. The van der Waals surface area contributed by atoms with Gasteiger partial charge in [-0.3, -0.25) is 4.79 Å². The number of hydrogen-bond acceptors (Lipinski definition) is 4. The Labute approximate surface area is 123 Å². The highest BCUT2D eigenvalue weighted by Crippen LogP contribution is 2.26. The molecule has 5 nitrogen and oxygen atoms in total. The van der Waals surface area contributed by atoms with Gasteiger partial charge in [0.25, 0.3) is 5.91 Å². The monoisotopic (exact) mass is 286 g/mol. The van der Waals surface area contributed by atoms with Crippen molar-refractivity contribution in [2.24, 2.45) is 0 Å². The lowest BCUT2D eigenvalue weighted by Crippen LogP contribution is -2.36. The van der Waals surface area contributed by atoms with Crippen LogP contribution in [0.2, 0.25) is 0 Å². The Hall–Kier alpha value is -2.48. The number of benzene rings is 1. The number of nitriles is 1. The minimum absolute atomic E-state index is 0.00865. The number of phenols is 2. The van der Waals surface area contributed by atoms with E-state index in [1.165, 1.54) is 30.7 Å². The van der Waals surface area contributed by atoms with Crippen LogP contribution in [0.4, 0.5) is 0 Å². The fourth-order valence-electron chi connectivity index (χ4n) is 2.46. The average molecular weight is 286 g/mol. The zero-order valence-electron chi connectivity index (χ0n) is 11.7. The first-order chi connectivity index (χ1) is 10.1. The number of phenolic OH excluding ortho intramolecular Hbond substituents is 2. The number of nitrogens with one attached hydrogen (secondary N) is 1. The lowest BCUT2D eigenvalue weighted by atomic mass is 9.95. The van der Waals surface area contributed by atoms with Crippen molar-refractivity contribution in [2.45, 2.75) is 38.1 Å². The van der Waals surface area contributed by atoms with Gasteiger partial charge in [0, 0.05) is 6.04 Å². The van der Waals surface area contributed by atoms with Crippen LogP contribution in [0, 0.1) is 11.3 Å². The van der Waals surface area contributed by atoms with E-state index >= 15 is 0 Å². The first-order valence-electron chi connectivity index (χ1n) is 7.05. The van der Waals surface area contributed by atoms with Crippen molar-refractivity contribution in [2.75, 3.05) is 0 Å². The van der Waals surface area contributed by atoms with E-state index in [4.69, 9.17) is 5.26 Å². The van der Waals surface area contributed by atoms with Gasteiger partial charge >= 0.3 is 0 Å². The summed E-state index contributed by atoms with van der Waals surface area (Å²) in [5, 5.41) is 30.7. The predicted octanol–water partition coefficient (Wildman–Crippen LogP) is 2.45. The molecule has 110 valence electrons. The van der Waals surface area contributed by atoms with Crippen LogP contribution in [0.1, 0.15) is 37.7 Å². The number of carbonyl (C=O) groups is 1. The van der Waals surface area contributed by atoms with Crippen LogP contribution in [0.5, 0.6) is 11.5 Å². The van der Waals surface area contributed by atoms with Gasteiger partial charge in [0.2, 0.25) is 0 Å². The molecule has 0 heterocycles. The summed E-state index contributed by atoms with van der Waals surface area (Å²) in [6.07, 6.45) is 6.69. The van der Waals surface area contributed by atoms with Gasteiger partial charge in [-0.1, -0.05) is 25.3 Å². The van der Waals surface area contributed by atoms with Gasteiger partial charge in [-0.05, 0) is 36.6 Å². The van der Waals surface area contributed by atoms with Crippen LogP contribution >= 0.6 is 0 Å². The molecule has 0 aliphatic heterocycles. The summed E-state index contributed by atoms with van der Waals surface area (Å²) in [4.78, 5) is 12.1. The Morgan fingerprint density at radius 2 is 1.95 bits per heavy atom. The largest absolute Gasteiger partial charge is 0.504 e. The van der Waals surface area contributed by atoms with E-state index in [1.807, 2.05) is 6.07 Å². The minimum Gasteiger partial charge on any atom is -0.504 e. The van der Waals surface area contributed by atoms with Crippen LogP contribution in [-0.4, -0.2) is 22.2 Å². The standard InChI is InChI=1S/C16H18N2O3/c17-10-12(8-11-6-7-14(19)15(20)9-11)16(21)18-13-4-2-1-3-5-13/h6-9,13,19-20H,1-5H2,(H,18,21)/b12-8-. The fourth-order valence-corrected chi connectivity index (χ4v) is 2.46. The Kier molecular flexibility index (Phi) is 4.83. The Bertz CT molecular complexity index is 596. The molecule has 5 heteroatoms. The molecule has 0 aromatic heterocycles. The maximum absolute atomic E-state index is 12.1. The van der Waals surface area contributed by atoms with Crippen molar-refractivity contribution in [1.29, 1.82) is 5.26 Å². The average Bonchev–Trinajstić information content (AvgIpc) is 2.49. The lowest BCUT2D eigenvalue weighted by Gasteiger charge is -2.22. The molecule has 1 fully saturated rings. The third-order valence-corrected chi connectivity index (χ3v) is 3.62. The van der Waals surface area contributed by atoms with Crippen LogP contribution in [0.25, 0.3) is 6.08 Å². The molecule has 2 rings (SSSR count). The normalized spacial score (nSPS) is 16.2. The summed E-state index contributed by atoms with van der Waals surface area (Å²) in [5.41, 5.74) is 0.478. The van der Waals surface area contributed by atoms with Crippen molar-refractivity contribution >= 4 is 12.0 Å². The Morgan fingerprint density at radius 1 is 1.24 bits per heavy atom. The second-order valence-electron chi connectivity index (χ2n) is 5.23. The third-order valence-electron chi connectivity index (χ3n) is 3.62. The van der Waals surface area contributed by atoms with E-state index in [0.717, 1.165) is 25.7 Å². The molecule has 0 bridgehead atoms. The molecular formula is C16H18N2O3. The third kappa shape index (κ3) is 3.99. The van der Waals surface area contributed by atoms with E-state index < -0.39 is 5.91 Å². The molecule has 1 aromatic rings. The number of nitrogens with zero attached hydrogens (tertiary/aromatic N) is 1. The Balaban J connectivity index is 2.10. The molecule has 1 aromatic carbocycles. The van der Waals surface area contributed by atoms with E-state index in [2.05, 4.69) is 5.32 Å². The summed E-state index contributed by atoms with van der Waals surface area (Å²) in [6, 6.07) is 6.16. The highest BCUT2D eigenvalue weighted by Gasteiger charge is 2.18. The first kappa shape index (κ1) is 14.9. The van der Waals surface area contributed by atoms with E-state index in [-0.39, 0.29) is 23.1 Å². The second kappa shape index (κ2) is 6.80. The summed E-state index contributed by atoms with van der Waals surface area (Å²) in [6.45, 7) is 0. The van der Waals surface area contributed by atoms with Crippen LogP contribution in [0.3, 0.4) is 0 Å². The number of hydrogen-bond donors (Lipinski definition) is 3. The molecule has 0 atom stereocenters. The predicted molar refractivity (Wildman–Crippen MR) is 78.4 cm³/mol. The molecule has 1 saturated carbocycles. The number of aromatic hydroxyl groups is 2. The maximum atomic E-state index is 12.1. The van der Waals surface area contributed by atoms with Crippen molar-refractivity contribution in [1.82, 2.24) is 5.32 Å². The summed E-state index contributed by atoms with van der Waals surface area (Å²) < 4.78 is 0. The highest BCUT2D eigenvalue weighted by atomic mass is 16.3. The van der Waals surface area contributed by atoms with Gasteiger partial charge in [-0.25, -0.2) is 0 Å². The van der Waals surface area contributed by atoms with Crippen molar-refractivity contribution in [3.05, 3.63) is 29.3 Å². The second-order valence-corrected chi connectivity index (χ2v) is 5.23. The fraction of sp³-hybridized carbons (Fsp3) is 0.375. The molecule has 21 heavy (non-hydrogen) atoms. The topological polar surface area (TPSA) is 93.3 Å². The molecular weight excluding hydrogens is 268 g/mol. The maximum Gasteiger partial charge on any atom is 0.262 e. The molecule has 0 saturated heterocycles. The molecule has 1 amide bonds. The van der Waals surface area contributed by atoms with Crippen LogP contribution in [-0.2, 0) is 4.79 Å². The van der Waals surface area contributed by atoms with E-state index in [0.29, 0.717) is 5.56 Å². The van der Waals surface area contributed by atoms with Crippen molar-refractivity contribution in [3.8, 4) is 17.6 Å². The van der Waals surface area contributed by atoms with Gasteiger partial charge in [0.15, 0.2) is 11.5 Å². The summed E-state index contributed by atoms with van der Waals surface area (Å²) in [7, 11) is 0. The van der Waals surface area contributed by atoms with Crippen molar-refractivity contribution < 1.29 is 15.0 Å². The summed E-state index contributed by atoms with van der Waals surface area (Å²) in [5.74, 6) is -0.914. The van der Waals surface area contributed by atoms with E-state index in [9.17, 15) is 15.0 Å². The quantitative estimate of drug-likeness (QED) is 0.452. The zero-order valence-corrected chi connectivity index (χ0v) is 11.7. The molecule has 0 spiro atoms. The van der Waals surface area contributed by atoms with Crippen molar-refractivity contribution in [3.63, 3.8) is 0 Å². The van der Waals surface area contributed by atoms with E-state index in [1.54, 1.807) is 0 Å². The molecule has 0 radical (unpaired) electrons. The number of rotatable bonds is 3. The first-order valence-corrected chi connectivity index (χ1v) is 7.05. The Morgan fingerprint density at radius 3 is 2.57 bits per heavy atom.